The molecular formula is C12H18N6OS2. The van der Waals surface area contributed by atoms with Crippen LogP contribution in [0.3, 0.4) is 0 Å². The summed E-state index contributed by atoms with van der Waals surface area (Å²) in [5.74, 6) is 1.34. The maximum atomic E-state index is 5.56. The Morgan fingerprint density at radius 3 is 2.62 bits per heavy atom. The molecule has 114 valence electrons. The quantitative estimate of drug-likeness (QED) is 0.831. The first kappa shape index (κ1) is 15.9. The smallest absolute Gasteiger partial charge is 0.322 e. The predicted octanol–water partition coefficient (Wildman–Crippen LogP) is 2.66. The monoisotopic (exact) mass is 326 g/mol. The number of ether oxygens (including phenoxy) is 1. The van der Waals surface area contributed by atoms with E-state index in [1.54, 1.807) is 0 Å². The Hall–Kier alpha value is -1.48. The van der Waals surface area contributed by atoms with Gasteiger partial charge in [0.1, 0.15) is 5.82 Å². The van der Waals surface area contributed by atoms with Crippen LogP contribution in [0.4, 0.5) is 5.95 Å². The van der Waals surface area contributed by atoms with Crippen LogP contribution in [0, 0.1) is 0 Å². The van der Waals surface area contributed by atoms with Crippen molar-refractivity contribution in [3.8, 4) is 6.01 Å². The van der Waals surface area contributed by atoms with Gasteiger partial charge in [0, 0.05) is 13.0 Å². The highest BCUT2D eigenvalue weighted by Gasteiger charge is 2.12. The van der Waals surface area contributed by atoms with Crippen LogP contribution in [-0.4, -0.2) is 37.0 Å². The molecule has 0 bridgehead atoms. The fraction of sp³-hybridized carbons (Fsp3) is 0.583. The molecule has 0 aliphatic carbocycles. The molecule has 0 aromatic carbocycles. The van der Waals surface area contributed by atoms with Crippen LogP contribution in [0.25, 0.3) is 0 Å². The van der Waals surface area contributed by atoms with Gasteiger partial charge in [0.25, 0.3) is 0 Å². The van der Waals surface area contributed by atoms with Crippen molar-refractivity contribution in [1.82, 2.24) is 24.3 Å². The van der Waals surface area contributed by atoms with E-state index in [2.05, 4.69) is 29.6 Å². The molecule has 2 aromatic heterocycles. The lowest BCUT2D eigenvalue weighted by Crippen LogP contribution is -2.11. The molecule has 0 aliphatic rings. The van der Waals surface area contributed by atoms with Crippen LogP contribution in [0.2, 0.25) is 0 Å². The van der Waals surface area contributed by atoms with E-state index in [0.29, 0.717) is 17.1 Å². The fourth-order valence-electron chi connectivity index (χ4n) is 1.39. The summed E-state index contributed by atoms with van der Waals surface area (Å²) in [6, 6.07) is 0.318. The molecule has 2 aromatic rings. The molecule has 2 heterocycles. The number of aromatic nitrogens is 5. The number of aryl methyl sites for hydroxylation is 1. The summed E-state index contributed by atoms with van der Waals surface area (Å²) < 4.78 is 10.6. The lowest BCUT2D eigenvalue weighted by atomic mass is 10.5. The van der Waals surface area contributed by atoms with Gasteiger partial charge < -0.3 is 10.1 Å². The second-order valence-electron chi connectivity index (χ2n) is 4.35. The highest BCUT2D eigenvalue weighted by molar-refractivity contribution is 8.00. The fourth-order valence-corrected chi connectivity index (χ4v) is 2.93. The van der Waals surface area contributed by atoms with Gasteiger partial charge in [-0.2, -0.15) is 19.3 Å². The van der Waals surface area contributed by atoms with Gasteiger partial charge in [-0.25, -0.2) is 4.98 Å². The zero-order valence-corrected chi connectivity index (χ0v) is 14.1. The molecule has 0 fully saturated rings. The average molecular weight is 326 g/mol. The minimum Gasteiger partial charge on any atom is -0.461 e. The Kier molecular flexibility index (Phi) is 5.68. The van der Waals surface area contributed by atoms with E-state index >= 15 is 0 Å². The first-order valence-electron chi connectivity index (χ1n) is 6.77. The van der Waals surface area contributed by atoms with E-state index in [1.807, 2.05) is 27.7 Å². The summed E-state index contributed by atoms with van der Waals surface area (Å²) in [5.41, 5.74) is 0. The minimum absolute atomic E-state index is 0.00736. The summed E-state index contributed by atoms with van der Waals surface area (Å²) >= 11 is 2.72. The van der Waals surface area contributed by atoms with Crippen LogP contribution in [-0.2, 0) is 6.42 Å². The number of hydrogen-bond acceptors (Lipinski definition) is 9. The van der Waals surface area contributed by atoms with Crippen molar-refractivity contribution in [2.45, 2.75) is 49.7 Å². The molecule has 1 N–H and O–H groups in total. The third kappa shape index (κ3) is 4.78. The molecule has 0 saturated heterocycles. The van der Waals surface area contributed by atoms with Crippen molar-refractivity contribution in [3.63, 3.8) is 0 Å². The van der Waals surface area contributed by atoms with Crippen molar-refractivity contribution >= 4 is 29.2 Å². The van der Waals surface area contributed by atoms with E-state index in [1.165, 1.54) is 23.3 Å². The SMILES string of the molecule is CCNc1nc(OC(C)C)nc(Sc2nc(CC)ns2)n1. The molecule has 9 heteroatoms. The zero-order valence-electron chi connectivity index (χ0n) is 12.5. The summed E-state index contributed by atoms with van der Waals surface area (Å²) in [6.45, 7) is 8.60. The molecule has 0 saturated carbocycles. The molecule has 0 atom stereocenters. The van der Waals surface area contributed by atoms with Crippen molar-refractivity contribution in [2.24, 2.45) is 0 Å². The van der Waals surface area contributed by atoms with E-state index in [-0.39, 0.29) is 6.10 Å². The van der Waals surface area contributed by atoms with Crippen LogP contribution in [0.5, 0.6) is 6.01 Å². The van der Waals surface area contributed by atoms with Gasteiger partial charge in [-0.1, -0.05) is 6.92 Å². The number of nitrogens with zero attached hydrogens (tertiary/aromatic N) is 5. The molecule has 0 spiro atoms. The van der Waals surface area contributed by atoms with Gasteiger partial charge in [0.2, 0.25) is 11.1 Å². The first-order chi connectivity index (χ1) is 10.1. The van der Waals surface area contributed by atoms with Gasteiger partial charge in [0.15, 0.2) is 4.34 Å². The number of anilines is 1. The molecule has 0 amide bonds. The summed E-state index contributed by atoms with van der Waals surface area (Å²) in [7, 11) is 0. The van der Waals surface area contributed by atoms with Crippen molar-refractivity contribution < 1.29 is 4.74 Å². The third-order valence-corrected chi connectivity index (χ3v) is 3.87. The Bertz CT molecular complexity index is 589. The third-order valence-electron chi connectivity index (χ3n) is 2.21. The molecule has 21 heavy (non-hydrogen) atoms. The van der Waals surface area contributed by atoms with Crippen LogP contribution in [0.1, 0.15) is 33.5 Å². The van der Waals surface area contributed by atoms with Gasteiger partial charge >= 0.3 is 6.01 Å². The number of hydrogen-bond donors (Lipinski definition) is 1. The van der Waals surface area contributed by atoms with Crippen LogP contribution in [0.15, 0.2) is 9.50 Å². The second kappa shape index (κ2) is 7.51. The topological polar surface area (TPSA) is 85.7 Å². The molecule has 2 rings (SSSR count). The van der Waals surface area contributed by atoms with Gasteiger partial charge in [0.05, 0.1) is 6.10 Å². The average Bonchev–Trinajstić information content (AvgIpc) is 2.85. The summed E-state index contributed by atoms with van der Waals surface area (Å²) in [5, 5.41) is 3.63. The van der Waals surface area contributed by atoms with Gasteiger partial charge in [-0.15, -0.1) is 0 Å². The Labute approximate surface area is 132 Å². The lowest BCUT2D eigenvalue weighted by molar-refractivity contribution is 0.219. The Balaban J connectivity index is 2.21. The highest BCUT2D eigenvalue weighted by Crippen LogP contribution is 2.28. The van der Waals surface area contributed by atoms with E-state index in [0.717, 1.165) is 23.1 Å². The molecule has 0 aliphatic heterocycles. The van der Waals surface area contributed by atoms with E-state index < -0.39 is 0 Å². The van der Waals surface area contributed by atoms with Crippen LogP contribution >= 0.6 is 23.3 Å². The molecule has 0 radical (unpaired) electrons. The number of rotatable bonds is 7. The van der Waals surface area contributed by atoms with Crippen molar-refractivity contribution in [2.75, 3.05) is 11.9 Å². The molecule has 0 unspecified atom stereocenters. The highest BCUT2D eigenvalue weighted by atomic mass is 32.2. The summed E-state index contributed by atoms with van der Waals surface area (Å²) in [6.07, 6.45) is 0.825. The molecule has 7 nitrogen and oxygen atoms in total. The van der Waals surface area contributed by atoms with Gasteiger partial charge in [-0.3, -0.25) is 0 Å². The largest absolute Gasteiger partial charge is 0.461 e. The Morgan fingerprint density at radius 1 is 1.19 bits per heavy atom. The maximum Gasteiger partial charge on any atom is 0.322 e. The second-order valence-corrected chi connectivity index (χ2v) is 6.32. The summed E-state index contributed by atoms with van der Waals surface area (Å²) in [4.78, 5) is 17.3. The first-order valence-corrected chi connectivity index (χ1v) is 8.36. The predicted molar refractivity (Wildman–Crippen MR) is 83.2 cm³/mol. The van der Waals surface area contributed by atoms with Crippen LogP contribution < -0.4 is 10.1 Å². The number of nitrogens with one attached hydrogen (secondary N) is 1. The zero-order chi connectivity index (χ0) is 15.2. The van der Waals surface area contributed by atoms with Crippen molar-refractivity contribution in [3.05, 3.63) is 5.82 Å². The normalized spacial score (nSPS) is 10.9. The van der Waals surface area contributed by atoms with E-state index in [9.17, 15) is 0 Å². The maximum absolute atomic E-state index is 5.56. The minimum atomic E-state index is 0.00736. The van der Waals surface area contributed by atoms with Crippen molar-refractivity contribution in [1.29, 1.82) is 0 Å². The Morgan fingerprint density at radius 2 is 2.00 bits per heavy atom. The standard InChI is InChI=1S/C12H18N6OS2/c1-5-8-14-12(21-18-8)20-11-16-9(13-6-2)15-10(17-11)19-7(3)4/h7H,5-6H2,1-4H3,(H,13,15,16,17). The van der Waals surface area contributed by atoms with E-state index in [4.69, 9.17) is 4.74 Å². The van der Waals surface area contributed by atoms with Gasteiger partial charge in [-0.05, 0) is 44.1 Å². The molecular weight excluding hydrogens is 308 g/mol. The lowest BCUT2D eigenvalue weighted by Gasteiger charge is -2.09.